The molecule has 0 unspecified atom stereocenters. The van der Waals surface area contributed by atoms with Gasteiger partial charge >= 0.3 is 0 Å². The first-order valence-electron chi connectivity index (χ1n) is 10.0. The Balaban J connectivity index is 1.35. The number of nitrogens with zero attached hydrogens (tertiary/aromatic N) is 1. The van der Waals surface area contributed by atoms with Crippen molar-refractivity contribution >= 4 is 22.7 Å². The Kier molecular flexibility index (Phi) is 5.80. The van der Waals surface area contributed by atoms with Gasteiger partial charge in [-0.1, -0.05) is 50.2 Å². The van der Waals surface area contributed by atoms with Crippen LogP contribution >= 0.6 is 0 Å². The van der Waals surface area contributed by atoms with Gasteiger partial charge in [0.15, 0.2) is 18.1 Å². The number of oxazole rings is 1. The highest BCUT2D eigenvalue weighted by molar-refractivity contribution is 5.91. The van der Waals surface area contributed by atoms with E-state index in [1.54, 1.807) is 0 Å². The number of anilines is 1. The molecule has 1 N–H and O–H groups in total. The molecule has 1 amide bonds. The molecule has 0 bridgehead atoms. The number of hydrogen-bond acceptors (Lipinski definition) is 4. The maximum atomic E-state index is 12.1. The zero-order chi connectivity index (χ0) is 20.9. The van der Waals surface area contributed by atoms with E-state index < -0.39 is 0 Å². The van der Waals surface area contributed by atoms with Gasteiger partial charge in [-0.15, -0.1) is 0 Å². The van der Waals surface area contributed by atoms with Gasteiger partial charge in [0.25, 0.3) is 5.91 Å². The maximum absolute atomic E-state index is 12.1. The molecule has 0 aliphatic carbocycles. The summed E-state index contributed by atoms with van der Waals surface area (Å²) in [5.74, 6) is 1.60. The van der Waals surface area contributed by atoms with Crippen LogP contribution < -0.4 is 10.1 Å². The smallest absolute Gasteiger partial charge is 0.262 e. The fourth-order valence-corrected chi connectivity index (χ4v) is 3.17. The Labute approximate surface area is 175 Å². The van der Waals surface area contributed by atoms with E-state index in [0.29, 0.717) is 24.0 Å². The molecule has 4 rings (SSSR count). The van der Waals surface area contributed by atoms with Crippen LogP contribution in [0.25, 0.3) is 11.1 Å². The van der Waals surface area contributed by atoms with Crippen molar-refractivity contribution < 1.29 is 13.9 Å². The van der Waals surface area contributed by atoms with Gasteiger partial charge in [0.1, 0.15) is 11.3 Å². The first-order valence-corrected chi connectivity index (χ1v) is 10.0. The second-order valence-electron chi connectivity index (χ2n) is 7.51. The van der Waals surface area contributed by atoms with Crippen molar-refractivity contribution in [3.05, 3.63) is 89.8 Å². The van der Waals surface area contributed by atoms with E-state index in [1.807, 2.05) is 60.7 Å². The van der Waals surface area contributed by atoms with Gasteiger partial charge in [-0.2, -0.15) is 0 Å². The number of fused-ring (bicyclic) bond motifs is 1. The van der Waals surface area contributed by atoms with Gasteiger partial charge in [0.2, 0.25) is 0 Å². The molecular weight excluding hydrogens is 376 g/mol. The molecule has 0 spiro atoms. The van der Waals surface area contributed by atoms with Crippen LogP contribution in [0.1, 0.15) is 36.8 Å². The van der Waals surface area contributed by atoms with E-state index >= 15 is 0 Å². The Bertz CT molecular complexity index is 1130. The highest BCUT2D eigenvalue weighted by atomic mass is 16.5. The summed E-state index contributed by atoms with van der Waals surface area (Å²) in [6, 6.07) is 23.1. The molecule has 152 valence electrons. The van der Waals surface area contributed by atoms with Gasteiger partial charge in [-0.3, -0.25) is 4.79 Å². The lowest BCUT2D eigenvalue weighted by Crippen LogP contribution is -2.20. The van der Waals surface area contributed by atoms with Crippen LogP contribution in [0, 0.1) is 0 Å². The van der Waals surface area contributed by atoms with Crippen molar-refractivity contribution in [1.82, 2.24) is 4.98 Å². The second kappa shape index (κ2) is 8.82. The fraction of sp³-hybridized carbons (Fsp3) is 0.200. The second-order valence-corrected chi connectivity index (χ2v) is 7.51. The zero-order valence-corrected chi connectivity index (χ0v) is 17.1. The number of para-hydroxylation sites is 1. The summed E-state index contributed by atoms with van der Waals surface area (Å²) >= 11 is 0. The van der Waals surface area contributed by atoms with Gasteiger partial charge in [0.05, 0.1) is 0 Å². The molecule has 1 aromatic heterocycles. The SMILES string of the molecule is CC(C)c1ccc2oc(Cc3ccc(NC(=O)COc4ccccc4)cc3)nc2c1. The Morgan fingerprint density at radius 1 is 1.03 bits per heavy atom. The van der Waals surface area contributed by atoms with Crippen molar-refractivity contribution in [3.63, 3.8) is 0 Å². The number of nitrogens with one attached hydrogen (secondary N) is 1. The molecular formula is C25H24N2O3. The number of rotatable bonds is 7. The number of carbonyl (C=O) groups excluding carboxylic acids is 1. The summed E-state index contributed by atoms with van der Waals surface area (Å²) in [5, 5.41) is 2.84. The zero-order valence-electron chi connectivity index (χ0n) is 17.1. The molecule has 5 nitrogen and oxygen atoms in total. The summed E-state index contributed by atoms with van der Waals surface area (Å²) in [5.41, 5.74) is 4.72. The van der Waals surface area contributed by atoms with Gasteiger partial charge in [-0.25, -0.2) is 4.98 Å². The number of amides is 1. The van der Waals surface area contributed by atoms with Crippen LogP contribution in [0.3, 0.4) is 0 Å². The van der Waals surface area contributed by atoms with Crippen LogP contribution in [0.2, 0.25) is 0 Å². The molecule has 0 atom stereocenters. The molecule has 4 aromatic rings. The molecule has 0 saturated carbocycles. The molecule has 5 heteroatoms. The van der Waals surface area contributed by atoms with Crippen LogP contribution in [-0.4, -0.2) is 17.5 Å². The van der Waals surface area contributed by atoms with Crippen LogP contribution in [0.5, 0.6) is 5.75 Å². The summed E-state index contributed by atoms with van der Waals surface area (Å²) < 4.78 is 11.3. The average Bonchev–Trinajstić information content (AvgIpc) is 3.16. The highest BCUT2D eigenvalue weighted by Gasteiger charge is 2.09. The Morgan fingerprint density at radius 2 is 1.80 bits per heavy atom. The predicted molar refractivity (Wildman–Crippen MR) is 118 cm³/mol. The minimum atomic E-state index is -0.202. The Morgan fingerprint density at radius 3 is 2.53 bits per heavy atom. The van der Waals surface area contributed by atoms with Crippen molar-refractivity contribution in [2.75, 3.05) is 11.9 Å². The van der Waals surface area contributed by atoms with Crippen molar-refractivity contribution in [1.29, 1.82) is 0 Å². The third-order valence-corrected chi connectivity index (χ3v) is 4.83. The molecule has 0 radical (unpaired) electrons. The van der Waals surface area contributed by atoms with Gasteiger partial charge in [0, 0.05) is 12.1 Å². The van der Waals surface area contributed by atoms with Crippen molar-refractivity contribution in [2.24, 2.45) is 0 Å². The van der Waals surface area contributed by atoms with E-state index in [0.717, 1.165) is 22.4 Å². The number of hydrogen-bond donors (Lipinski definition) is 1. The van der Waals surface area contributed by atoms with Crippen LogP contribution in [0.4, 0.5) is 5.69 Å². The number of benzene rings is 3. The first kappa shape index (κ1) is 19.7. The standard InChI is InChI=1S/C25H24N2O3/c1-17(2)19-10-13-23-22(15-19)27-25(30-23)14-18-8-11-20(12-9-18)26-24(28)16-29-21-6-4-3-5-7-21/h3-13,15,17H,14,16H2,1-2H3,(H,26,28). The predicted octanol–water partition coefficient (Wildman–Crippen LogP) is 5.56. The van der Waals surface area contributed by atoms with E-state index in [-0.39, 0.29) is 12.5 Å². The number of carbonyl (C=O) groups is 1. The molecule has 0 aliphatic heterocycles. The third kappa shape index (κ3) is 4.87. The molecule has 3 aromatic carbocycles. The lowest BCUT2D eigenvalue weighted by Gasteiger charge is -2.08. The topological polar surface area (TPSA) is 64.4 Å². The lowest BCUT2D eigenvalue weighted by atomic mass is 10.0. The van der Waals surface area contributed by atoms with Gasteiger partial charge < -0.3 is 14.5 Å². The summed E-state index contributed by atoms with van der Waals surface area (Å²) in [4.78, 5) is 16.7. The van der Waals surface area contributed by atoms with Crippen molar-refractivity contribution in [3.8, 4) is 5.75 Å². The number of ether oxygens (including phenoxy) is 1. The molecule has 0 aliphatic rings. The summed E-state index contributed by atoms with van der Waals surface area (Å²) in [7, 11) is 0. The van der Waals surface area contributed by atoms with E-state index in [4.69, 9.17) is 9.15 Å². The van der Waals surface area contributed by atoms with E-state index in [9.17, 15) is 4.79 Å². The van der Waals surface area contributed by atoms with E-state index in [1.165, 1.54) is 5.56 Å². The minimum absolute atomic E-state index is 0.0347. The summed E-state index contributed by atoms with van der Waals surface area (Å²) in [6.45, 7) is 4.29. The van der Waals surface area contributed by atoms with Crippen LogP contribution in [-0.2, 0) is 11.2 Å². The van der Waals surface area contributed by atoms with Gasteiger partial charge in [-0.05, 0) is 53.4 Å². The normalized spacial score (nSPS) is 11.0. The number of aromatic nitrogens is 1. The monoisotopic (exact) mass is 400 g/mol. The first-order chi connectivity index (χ1) is 14.6. The fourth-order valence-electron chi connectivity index (χ4n) is 3.17. The maximum Gasteiger partial charge on any atom is 0.262 e. The minimum Gasteiger partial charge on any atom is -0.484 e. The lowest BCUT2D eigenvalue weighted by molar-refractivity contribution is -0.118. The molecule has 0 saturated heterocycles. The average molecular weight is 400 g/mol. The van der Waals surface area contributed by atoms with Crippen LogP contribution in [0.15, 0.2) is 77.2 Å². The Hall–Kier alpha value is -3.60. The molecule has 1 heterocycles. The molecule has 30 heavy (non-hydrogen) atoms. The molecule has 0 fully saturated rings. The quantitative estimate of drug-likeness (QED) is 0.441. The largest absolute Gasteiger partial charge is 0.484 e. The van der Waals surface area contributed by atoms with Crippen molar-refractivity contribution in [2.45, 2.75) is 26.2 Å². The van der Waals surface area contributed by atoms with E-state index in [2.05, 4.69) is 36.3 Å². The summed E-state index contributed by atoms with van der Waals surface area (Å²) in [6.07, 6.45) is 0.594. The highest BCUT2D eigenvalue weighted by Crippen LogP contribution is 2.23. The third-order valence-electron chi connectivity index (χ3n) is 4.83.